The first-order valence-electron chi connectivity index (χ1n) is 11.0. The number of para-hydroxylation sites is 1. The van der Waals surface area contributed by atoms with Gasteiger partial charge in [-0.3, -0.25) is 4.72 Å². The van der Waals surface area contributed by atoms with Crippen molar-refractivity contribution < 1.29 is 17.9 Å². The van der Waals surface area contributed by atoms with Crippen LogP contribution in [0.2, 0.25) is 0 Å². The third kappa shape index (κ3) is 6.26. The van der Waals surface area contributed by atoms with Crippen LogP contribution in [-0.4, -0.2) is 32.4 Å². The predicted octanol–water partition coefficient (Wildman–Crippen LogP) is 5.69. The van der Waals surface area contributed by atoms with Crippen LogP contribution in [0.15, 0.2) is 83.8 Å². The van der Waals surface area contributed by atoms with Gasteiger partial charge in [0.1, 0.15) is 11.5 Å². The fraction of sp³-hybridized carbons (Fsp3) is 0.240. The van der Waals surface area contributed by atoms with E-state index in [1.807, 2.05) is 35.2 Å². The molecule has 172 valence electrons. The Morgan fingerprint density at radius 3 is 1.94 bits per heavy atom. The lowest BCUT2D eigenvalue weighted by atomic mass is 10.2. The topological polar surface area (TPSA) is 87.7 Å². The largest absolute Gasteiger partial charge is 0.457 e. The Kier molecular flexibility index (Phi) is 7.14. The predicted molar refractivity (Wildman–Crippen MR) is 129 cm³/mol. The maximum Gasteiger partial charge on any atom is 0.321 e. The van der Waals surface area contributed by atoms with Gasteiger partial charge in [0, 0.05) is 24.5 Å². The summed E-state index contributed by atoms with van der Waals surface area (Å²) in [6.45, 7) is 1.49. The van der Waals surface area contributed by atoms with Gasteiger partial charge in [-0.25, -0.2) is 13.2 Å². The fourth-order valence-corrected chi connectivity index (χ4v) is 4.68. The summed E-state index contributed by atoms with van der Waals surface area (Å²) in [6.07, 6.45) is 4.31. The molecule has 4 rings (SSSR count). The molecule has 1 aliphatic heterocycles. The lowest BCUT2D eigenvalue weighted by Gasteiger charge is -2.20. The molecule has 2 amide bonds. The Morgan fingerprint density at radius 2 is 1.30 bits per heavy atom. The Hall–Kier alpha value is -3.52. The number of hydrogen-bond acceptors (Lipinski definition) is 4. The molecule has 33 heavy (non-hydrogen) atoms. The summed E-state index contributed by atoms with van der Waals surface area (Å²) >= 11 is 0. The van der Waals surface area contributed by atoms with Crippen molar-refractivity contribution in [1.82, 2.24) is 4.90 Å². The number of carbonyl (C=O) groups excluding carboxylic acids is 1. The molecule has 3 aromatic rings. The first-order chi connectivity index (χ1) is 16.0. The van der Waals surface area contributed by atoms with Gasteiger partial charge in [0.2, 0.25) is 0 Å². The summed E-state index contributed by atoms with van der Waals surface area (Å²) in [5.74, 6) is 1.31. The average Bonchev–Trinajstić information content (AvgIpc) is 3.11. The summed E-state index contributed by atoms with van der Waals surface area (Å²) in [6, 6.07) is 22.0. The van der Waals surface area contributed by atoms with Crippen LogP contribution in [0.4, 0.5) is 16.2 Å². The second-order valence-corrected chi connectivity index (χ2v) is 9.58. The van der Waals surface area contributed by atoms with E-state index in [9.17, 15) is 13.2 Å². The summed E-state index contributed by atoms with van der Waals surface area (Å²) < 4.78 is 33.8. The number of amides is 2. The van der Waals surface area contributed by atoms with Crippen molar-refractivity contribution in [3.8, 4) is 11.5 Å². The van der Waals surface area contributed by atoms with Crippen LogP contribution in [0.5, 0.6) is 11.5 Å². The van der Waals surface area contributed by atoms with E-state index in [-0.39, 0.29) is 10.9 Å². The van der Waals surface area contributed by atoms with Crippen molar-refractivity contribution in [2.75, 3.05) is 23.1 Å². The van der Waals surface area contributed by atoms with Gasteiger partial charge < -0.3 is 15.0 Å². The number of sulfonamides is 1. The minimum atomic E-state index is -3.77. The zero-order chi connectivity index (χ0) is 23.1. The van der Waals surface area contributed by atoms with Crippen LogP contribution in [0, 0.1) is 0 Å². The van der Waals surface area contributed by atoms with Crippen LogP contribution in [-0.2, 0) is 10.0 Å². The van der Waals surface area contributed by atoms with E-state index in [4.69, 9.17) is 4.74 Å². The summed E-state index contributed by atoms with van der Waals surface area (Å²) in [5.41, 5.74) is 0.986. The minimum Gasteiger partial charge on any atom is -0.457 e. The lowest BCUT2D eigenvalue weighted by Crippen LogP contribution is -2.35. The molecule has 0 bridgehead atoms. The Balaban J connectivity index is 1.36. The van der Waals surface area contributed by atoms with E-state index in [0.717, 1.165) is 38.8 Å². The molecule has 0 radical (unpaired) electrons. The standard InChI is InChI=1S/C25H27N3O4S/c29-25(28-18-6-1-2-7-19-28)26-20-12-16-24(17-13-20)33(30,31)27-21-10-14-23(15-11-21)32-22-8-4-3-5-9-22/h3-5,8-17,27H,1-2,6-7,18-19H2,(H,26,29). The number of rotatable bonds is 6. The fourth-order valence-electron chi connectivity index (χ4n) is 3.62. The van der Waals surface area contributed by atoms with E-state index >= 15 is 0 Å². The van der Waals surface area contributed by atoms with Crippen LogP contribution >= 0.6 is 0 Å². The van der Waals surface area contributed by atoms with Gasteiger partial charge in [0.25, 0.3) is 10.0 Å². The third-order valence-electron chi connectivity index (χ3n) is 5.39. The molecule has 0 atom stereocenters. The average molecular weight is 466 g/mol. The zero-order valence-corrected chi connectivity index (χ0v) is 19.1. The summed E-state index contributed by atoms with van der Waals surface area (Å²) in [5, 5.41) is 2.85. The second kappa shape index (κ2) is 10.4. The Bertz CT molecular complexity index is 1160. The summed E-state index contributed by atoms with van der Waals surface area (Å²) in [4.78, 5) is 14.4. The SMILES string of the molecule is O=C(Nc1ccc(S(=O)(=O)Nc2ccc(Oc3ccccc3)cc2)cc1)N1CCCCCC1. The van der Waals surface area contributed by atoms with Crippen LogP contribution in [0.25, 0.3) is 0 Å². The normalized spacial score (nSPS) is 14.2. The molecule has 8 heteroatoms. The van der Waals surface area contributed by atoms with Gasteiger partial charge >= 0.3 is 6.03 Å². The number of benzene rings is 3. The van der Waals surface area contributed by atoms with E-state index in [0.29, 0.717) is 22.9 Å². The molecule has 2 N–H and O–H groups in total. The highest BCUT2D eigenvalue weighted by molar-refractivity contribution is 7.92. The van der Waals surface area contributed by atoms with Crippen molar-refractivity contribution in [3.05, 3.63) is 78.9 Å². The van der Waals surface area contributed by atoms with Crippen LogP contribution < -0.4 is 14.8 Å². The van der Waals surface area contributed by atoms with E-state index in [1.165, 1.54) is 12.1 Å². The highest BCUT2D eigenvalue weighted by Crippen LogP contribution is 2.24. The van der Waals surface area contributed by atoms with E-state index in [2.05, 4.69) is 10.0 Å². The van der Waals surface area contributed by atoms with Gasteiger partial charge in [-0.05, 0) is 73.5 Å². The molecule has 0 aromatic heterocycles. The zero-order valence-electron chi connectivity index (χ0n) is 18.2. The van der Waals surface area contributed by atoms with Gasteiger partial charge in [0.15, 0.2) is 0 Å². The minimum absolute atomic E-state index is 0.111. The first kappa shape index (κ1) is 22.7. The Labute approximate surface area is 194 Å². The molecular weight excluding hydrogens is 438 g/mol. The number of ether oxygens (including phenoxy) is 1. The number of anilines is 2. The monoisotopic (exact) mass is 465 g/mol. The maximum absolute atomic E-state index is 12.8. The molecule has 0 spiro atoms. The van der Waals surface area contributed by atoms with Crippen LogP contribution in [0.3, 0.4) is 0 Å². The molecule has 3 aromatic carbocycles. The van der Waals surface area contributed by atoms with Crippen molar-refractivity contribution >= 4 is 27.4 Å². The number of hydrogen-bond donors (Lipinski definition) is 2. The molecule has 1 aliphatic rings. The Morgan fingerprint density at radius 1 is 0.727 bits per heavy atom. The molecule has 0 saturated carbocycles. The second-order valence-electron chi connectivity index (χ2n) is 7.90. The highest BCUT2D eigenvalue weighted by Gasteiger charge is 2.17. The molecule has 1 heterocycles. The highest BCUT2D eigenvalue weighted by atomic mass is 32.2. The maximum atomic E-state index is 12.8. The number of nitrogens with one attached hydrogen (secondary N) is 2. The molecule has 7 nitrogen and oxygen atoms in total. The molecule has 0 unspecified atom stereocenters. The number of likely N-dealkylation sites (tertiary alicyclic amines) is 1. The van der Waals surface area contributed by atoms with Gasteiger partial charge in [0.05, 0.1) is 4.90 Å². The van der Waals surface area contributed by atoms with Gasteiger partial charge in [-0.1, -0.05) is 31.0 Å². The molecular formula is C25H27N3O4S. The van der Waals surface area contributed by atoms with Gasteiger partial charge in [-0.15, -0.1) is 0 Å². The number of nitrogens with zero attached hydrogens (tertiary/aromatic N) is 1. The molecule has 1 fully saturated rings. The van der Waals surface area contributed by atoms with Gasteiger partial charge in [-0.2, -0.15) is 0 Å². The van der Waals surface area contributed by atoms with Crippen molar-refractivity contribution in [2.24, 2.45) is 0 Å². The summed E-state index contributed by atoms with van der Waals surface area (Å²) in [7, 11) is -3.77. The van der Waals surface area contributed by atoms with E-state index in [1.54, 1.807) is 36.4 Å². The van der Waals surface area contributed by atoms with E-state index < -0.39 is 10.0 Å². The number of carbonyl (C=O) groups is 1. The van der Waals surface area contributed by atoms with Crippen molar-refractivity contribution in [1.29, 1.82) is 0 Å². The smallest absolute Gasteiger partial charge is 0.321 e. The first-order valence-corrected chi connectivity index (χ1v) is 12.5. The number of urea groups is 1. The van der Waals surface area contributed by atoms with Crippen molar-refractivity contribution in [2.45, 2.75) is 30.6 Å². The van der Waals surface area contributed by atoms with Crippen LogP contribution in [0.1, 0.15) is 25.7 Å². The van der Waals surface area contributed by atoms with Crippen molar-refractivity contribution in [3.63, 3.8) is 0 Å². The molecule has 1 saturated heterocycles. The third-order valence-corrected chi connectivity index (χ3v) is 6.79. The quantitative estimate of drug-likeness (QED) is 0.490. The lowest BCUT2D eigenvalue weighted by molar-refractivity contribution is 0.214. The molecule has 0 aliphatic carbocycles.